The molecule has 0 bridgehead atoms. The summed E-state index contributed by atoms with van der Waals surface area (Å²) in [4.78, 5) is 11.9. The van der Waals surface area contributed by atoms with E-state index in [9.17, 15) is 4.79 Å². The molecule has 0 aromatic rings. The monoisotopic (exact) mass is 273 g/mol. The Hall–Kier alpha value is -0.220. The zero-order chi connectivity index (χ0) is 13.8. The molecule has 0 heterocycles. The summed E-state index contributed by atoms with van der Waals surface area (Å²) in [6, 6.07) is -0.460. The minimum absolute atomic E-state index is 0.0524. The molecule has 1 rings (SSSR count). The maximum absolute atomic E-state index is 11.9. The molecule has 18 heavy (non-hydrogen) atoms. The van der Waals surface area contributed by atoms with E-state index < -0.39 is 6.04 Å². The molecule has 0 radical (unpaired) electrons. The Morgan fingerprint density at radius 3 is 2.72 bits per heavy atom. The molecule has 3 nitrogen and oxygen atoms in total. The maximum Gasteiger partial charge on any atom is 0.323 e. The van der Waals surface area contributed by atoms with Crippen LogP contribution in [0.3, 0.4) is 0 Å². The molecular formula is C14H27NO2S. The molecule has 1 aliphatic carbocycles. The van der Waals surface area contributed by atoms with Crippen LogP contribution in [0.4, 0.5) is 0 Å². The molecule has 0 aliphatic heterocycles. The molecule has 2 N–H and O–H groups in total. The lowest BCUT2D eigenvalue weighted by Crippen LogP contribution is -2.39. The second kappa shape index (κ2) is 6.80. The lowest BCUT2D eigenvalue weighted by atomic mass is 9.71. The normalized spacial score (nSPS) is 28.7. The topological polar surface area (TPSA) is 52.3 Å². The van der Waals surface area contributed by atoms with Gasteiger partial charge >= 0.3 is 5.97 Å². The fourth-order valence-corrected chi connectivity index (χ4v) is 3.45. The van der Waals surface area contributed by atoms with Gasteiger partial charge in [0.25, 0.3) is 0 Å². The average molecular weight is 273 g/mol. The van der Waals surface area contributed by atoms with Crippen molar-refractivity contribution in [2.24, 2.45) is 17.1 Å². The summed E-state index contributed by atoms with van der Waals surface area (Å²) in [5.41, 5.74) is 6.10. The number of thioether (sulfide) groups is 1. The van der Waals surface area contributed by atoms with E-state index in [1.54, 1.807) is 11.8 Å². The number of esters is 1. The number of carbonyl (C=O) groups excluding carboxylic acids is 1. The molecule has 1 aliphatic rings. The van der Waals surface area contributed by atoms with Crippen molar-refractivity contribution in [2.75, 3.05) is 12.0 Å². The Kier molecular flexibility index (Phi) is 5.99. The van der Waals surface area contributed by atoms with E-state index in [1.807, 2.05) is 6.26 Å². The van der Waals surface area contributed by atoms with Crippen LogP contribution in [0.1, 0.15) is 46.5 Å². The SMILES string of the molecule is CSCC[C@@H](N)C(=O)OC1CC(C)CC(C)(C)C1. The molecule has 1 saturated carbocycles. The smallest absolute Gasteiger partial charge is 0.323 e. The molecule has 0 aromatic carbocycles. The number of ether oxygens (including phenoxy) is 1. The van der Waals surface area contributed by atoms with Crippen LogP contribution in [0, 0.1) is 11.3 Å². The Morgan fingerprint density at radius 2 is 2.17 bits per heavy atom. The van der Waals surface area contributed by atoms with Crippen molar-refractivity contribution in [3.05, 3.63) is 0 Å². The molecule has 0 spiro atoms. The van der Waals surface area contributed by atoms with Gasteiger partial charge in [-0.3, -0.25) is 4.79 Å². The third-order valence-electron chi connectivity index (χ3n) is 3.57. The number of rotatable bonds is 5. The third-order valence-corrected chi connectivity index (χ3v) is 4.21. The fourth-order valence-electron chi connectivity index (χ4n) is 2.96. The van der Waals surface area contributed by atoms with Gasteiger partial charge < -0.3 is 10.5 Å². The Balaban J connectivity index is 2.43. The average Bonchev–Trinajstić information content (AvgIpc) is 2.22. The Bertz CT molecular complexity index is 281. The summed E-state index contributed by atoms with van der Waals surface area (Å²) >= 11 is 1.71. The molecule has 4 heteroatoms. The highest BCUT2D eigenvalue weighted by Gasteiger charge is 2.34. The molecule has 0 amide bonds. The predicted molar refractivity (Wildman–Crippen MR) is 77.7 cm³/mol. The van der Waals surface area contributed by atoms with Crippen molar-refractivity contribution in [2.45, 2.75) is 58.6 Å². The summed E-state index contributed by atoms with van der Waals surface area (Å²) in [5, 5.41) is 0. The first-order valence-electron chi connectivity index (χ1n) is 6.79. The van der Waals surface area contributed by atoms with E-state index in [1.165, 1.54) is 6.42 Å². The van der Waals surface area contributed by atoms with E-state index >= 15 is 0 Å². The highest BCUT2D eigenvalue weighted by Crippen LogP contribution is 2.39. The van der Waals surface area contributed by atoms with Crippen LogP contribution in [0.2, 0.25) is 0 Å². The van der Waals surface area contributed by atoms with Crippen molar-refractivity contribution < 1.29 is 9.53 Å². The van der Waals surface area contributed by atoms with E-state index in [2.05, 4.69) is 20.8 Å². The third kappa shape index (κ3) is 5.19. The van der Waals surface area contributed by atoms with Crippen molar-refractivity contribution in [3.8, 4) is 0 Å². The number of hydrogen-bond donors (Lipinski definition) is 1. The standard InChI is InChI=1S/C14H27NO2S/c1-10-7-11(9-14(2,3)8-10)17-13(16)12(15)5-6-18-4/h10-12H,5-9,15H2,1-4H3/t10?,11?,12-/m1/s1. The zero-order valence-corrected chi connectivity index (χ0v) is 12.9. The number of nitrogens with two attached hydrogens (primary N) is 1. The summed E-state index contributed by atoms with van der Waals surface area (Å²) in [5.74, 6) is 1.30. The lowest BCUT2D eigenvalue weighted by molar-refractivity contribution is -0.155. The highest BCUT2D eigenvalue weighted by atomic mass is 32.2. The van der Waals surface area contributed by atoms with Gasteiger partial charge in [0, 0.05) is 0 Å². The van der Waals surface area contributed by atoms with Crippen LogP contribution >= 0.6 is 11.8 Å². The Morgan fingerprint density at radius 1 is 1.50 bits per heavy atom. The van der Waals surface area contributed by atoms with Gasteiger partial charge in [0.1, 0.15) is 12.1 Å². The second-order valence-electron chi connectivity index (χ2n) is 6.36. The van der Waals surface area contributed by atoms with Crippen LogP contribution in [-0.2, 0) is 9.53 Å². The zero-order valence-electron chi connectivity index (χ0n) is 12.1. The highest BCUT2D eigenvalue weighted by molar-refractivity contribution is 7.98. The van der Waals surface area contributed by atoms with Crippen molar-refractivity contribution in [1.29, 1.82) is 0 Å². The predicted octanol–water partition coefficient (Wildman–Crippen LogP) is 2.82. The van der Waals surface area contributed by atoms with Crippen LogP contribution in [-0.4, -0.2) is 30.1 Å². The lowest BCUT2D eigenvalue weighted by Gasteiger charge is -2.38. The minimum atomic E-state index is -0.460. The van der Waals surface area contributed by atoms with Gasteiger partial charge in [-0.2, -0.15) is 11.8 Å². The minimum Gasteiger partial charge on any atom is -0.461 e. The van der Waals surface area contributed by atoms with Crippen molar-refractivity contribution in [1.82, 2.24) is 0 Å². The van der Waals surface area contributed by atoms with E-state index in [0.29, 0.717) is 12.3 Å². The van der Waals surface area contributed by atoms with Crippen LogP contribution < -0.4 is 5.73 Å². The van der Waals surface area contributed by atoms with Crippen molar-refractivity contribution >= 4 is 17.7 Å². The van der Waals surface area contributed by atoms with Gasteiger partial charge in [-0.05, 0) is 49.0 Å². The summed E-state index contributed by atoms with van der Waals surface area (Å²) in [6.07, 6.45) is 5.91. The first kappa shape index (κ1) is 15.8. The van der Waals surface area contributed by atoms with Crippen molar-refractivity contribution in [3.63, 3.8) is 0 Å². The largest absolute Gasteiger partial charge is 0.461 e. The van der Waals surface area contributed by atoms with Gasteiger partial charge in [0.2, 0.25) is 0 Å². The second-order valence-corrected chi connectivity index (χ2v) is 7.35. The summed E-state index contributed by atoms with van der Waals surface area (Å²) < 4.78 is 5.58. The fraction of sp³-hybridized carbons (Fsp3) is 0.929. The Labute approximate surface area is 115 Å². The quantitative estimate of drug-likeness (QED) is 0.783. The molecular weight excluding hydrogens is 246 g/mol. The summed E-state index contributed by atoms with van der Waals surface area (Å²) in [7, 11) is 0. The molecule has 0 aromatic heterocycles. The van der Waals surface area contributed by atoms with Gasteiger partial charge in [-0.1, -0.05) is 20.8 Å². The van der Waals surface area contributed by atoms with Gasteiger partial charge in [-0.25, -0.2) is 0 Å². The molecule has 0 saturated heterocycles. The first-order chi connectivity index (χ1) is 8.34. The van der Waals surface area contributed by atoms with E-state index in [4.69, 9.17) is 10.5 Å². The molecule has 3 atom stereocenters. The number of carbonyl (C=O) groups is 1. The van der Waals surface area contributed by atoms with E-state index in [0.717, 1.165) is 18.6 Å². The maximum atomic E-state index is 11.9. The molecule has 2 unspecified atom stereocenters. The molecule has 106 valence electrons. The van der Waals surface area contributed by atoms with Gasteiger partial charge in [0.05, 0.1) is 0 Å². The van der Waals surface area contributed by atoms with Gasteiger partial charge in [0.15, 0.2) is 0 Å². The van der Waals surface area contributed by atoms with E-state index in [-0.39, 0.29) is 17.5 Å². The van der Waals surface area contributed by atoms with Gasteiger partial charge in [-0.15, -0.1) is 0 Å². The van der Waals surface area contributed by atoms with Crippen LogP contribution in [0.15, 0.2) is 0 Å². The first-order valence-corrected chi connectivity index (χ1v) is 8.18. The number of hydrogen-bond acceptors (Lipinski definition) is 4. The van der Waals surface area contributed by atoms with Crippen LogP contribution in [0.5, 0.6) is 0 Å². The summed E-state index contributed by atoms with van der Waals surface area (Å²) in [6.45, 7) is 6.73. The van der Waals surface area contributed by atoms with Crippen LogP contribution in [0.25, 0.3) is 0 Å². The molecule has 1 fully saturated rings.